The monoisotopic (exact) mass is 353 g/mol. The lowest BCUT2D eigenvalue weighted by molar-refractivity contribution is -0.137. The molecule has 0 amide bonds. The van der Waals surface area contributed by atoms with Crippen LogP contribution >= 0.6 is 0 Å². The van der Waals surface area contributed by atoms with Crippen LogP contribution in [0, 0.1) is 0 Å². The number of ether oxygens (including phenoxy) is 2. The number of aromatic nitrogens is 1. The number of carbonyl (C=O) groups is 1. The Balaban J connectivity index is 1.58. The van der Waals surface area contributed by atoms with E-state index in [1.807, 2.05) is 18.2 Å². The van der Waals surface area contributed by atoms with Crippen molar-refractivity contribution in [3.8, 4) is 11.6 Å². The van der Waals surface area contributed by atoms with E-state index in [1.165, 1.54) is 0 Å². The van der Waals surface area contributed by atoms with Gasteiger partial charge in [0.2, 0.25) is 5.88 Å². The topological polar surface area (TPSA) is 63.7 Å². The van der Waals surface area contributed by atoms with Crippen LogP contribution in [0.15, 0.2) is 36.4 Å². The Kier molecular flexibility index (Phi) is 4.51. The van der Waals surface area contributed by atoms with Gasteiger partial charge < -0.3 is 19.7 Å². The van der Waals surface area contributed by atoms with Gasteiger partial charge in [0, 0.05) is 43.5 Å². The molecule has 1 saturated heterocycles. The molecule has 2 aliphatic rings. The molecule has 1 aromatic carbocycles. The molecule has 3 heterocycles. The summed E-state index contributed by atoms with van der Waals surface area (Å²) in [4.78, 5) is 19.3. The van der Waals surface area contributed by atoms with E-state index in [-0.39, 0.29) is 5.97 Å². The van der Waals surface area contributed by atoms with E-state index in [1.54, 1.807) is 13.2 Å². The second-order valence-corrected chi connectivity index (χ2v) is 6.88. The molecule has 2 atom stereocenters. The number of nitrogens with one attached hydrogen (secondary N) is 1. The fourth-order valence-corrected chi connectivity index (χ4v) is 3.62. The van der Waals surface area contributed by atoms with E-state index in [9.17, 15) is 4.79 Å². The zero-order valence-corrected chi connectivity index (χ0v) is 15.1. The van der Waals surface area contributed by atoms with Crippen molar-refractivity contribution in [2.45, 2.75) is 25.3 Å². The summed E-state index contributed by atoms with van der Waals surface area (Å²) in [6.45, 7) is 5.04. The summed E-state index contributed by atoms with van der Waals surface area (Å²) in [6.07, 6.45) is 0.590. The van der Waals surface area contributed by atoms with E-state index < -0.39 is 5.92 Å². The third-order valence-electron chi connectivity index (χ3n) is 5.02. The van der Waals surface area contributed by atoms with Crippen LogP contribution in [0.5, 0.6) is 11.6 Å². The normalized spacial score (nSPS) is 22.5. The summed E-state index contributed by atoms with van der Waals surface area (Å²) in [5.74, 6) is 0.508. The number of anilines is 1. The summed E-state index contributed by atoms with van der Waals surface area (Å²) < 4.78 is 10.8. The first-order valence-corrected chi connectivity index (χ1v) is 8.98. The molecule has 1 unspecified atom stereocenters. The highest BCUT2D eigenvalue weighted by molar-refractivity contribution is 5.83. The fraction of sp³-hybridized carbons (Fsp3) is 0.400. The molecule has 6 heteroatoms. The van der Waals surface area contributed by atoms with E-state index >= 15 is 0 Å². The largest absolute Gasteiger partial charge is 0.481 e. The van der Waals surface area contributed by atoms with Crippen LogP contribution in [0.25, 0.3) is 0 Å². The van der Waals surface area contributed by atoms with E-state index in [0.29, 0.717) is 29.8 Å². The number of esters is 1. The minimum absolute atomic E-state index is 0.260. The van der Waals surface area contributed by atoms with Gasteiger partial charge in [0.15, 0.2) is 0 Å². The second-order valence-electron chi connectivity index (χ2n) is 6.88. The van der Waals surface area contributed by atoms with Crippen molar-refractivity contribution in [3.05, 3.63) is 47.7 Å². The lowest BCUT2D eigenvalue weighted by Gasteiger charge is -2.34. The fourth-order valence-electron chi connectivity index (χ4n) is 3.62. The zero-order valence-electron chi connectivity index (χ0n) is 15.1. The van der Waals surface area contributed by atoms with Crippen molar-refractivity contribution < 1.29 is 14.3 Å². The van der Waals surface area contributed by atoms with Crippen molar-refractivity contribution in [2.75, 3.05) is 31.6 Å². The molecule has 2 aromatic rings. The van der Waals surface area contributed by atoms with Crippen LogP contribution in [0.3, 0.4) is 0 Å². The highest BCUT2D eigenvalue weighted by Crippen LogP contribution is 2.36. The first-order chi connectivity index (χ1) is 12.6. The molecule has 0 saturated carbocycles. The lowest BCUT2D eigenvalue weighted by atomic mass is 9.92. The highest BCUT2D eigenvalue weighted by atomic mass is 16.5. The maximum absolute atomic E-state index is 12.6. The first kappa shape index (κ1) is 16.8. The van der Waals surface area contributed by atoms with Gasteiger partial charge in [-0.3, -0.25) is 4.79 Å². The predicted molar refractivity (Wildman–Crippen MR) is 99.0 cm³/mol. The molecule has 0 bridgehead atoms. The van der Waals surface area contributed by atoms with Crippen LogP contribution < -0.4 is 19.7 Å². The van der Waals surface area contributed by atoms with Gasteiger partial charge in [0.1, 0.15) is 11.7 Å². The van der Waals surface area contributed by atoms with E-state index in [0.717, 1.165) is 30.9 Å². The number of pyridine rings is 1. The number of rotatable bonds is 3. The van der Waals surface area contributed by atoms with Gasteiger partial charge in [-0.15, -0.1) is 0 Å². The molecule has 0 spiro atoms. The molecular weight excluding hydrogens is 330 g/mol. The molecular formula is C20H23N3O3. The van der Waals surface area contributed by atoms with Gasteiger partial charge in [-0.05, 0) is 31.0 Å². The van der Waals surface area contributed by atoms with Crippen LogP contribution in [-0.2, 0) is 11.2 Å². The number of hydrogen-bond acceptors (Lipinski definition) is 6. The number of benzene rings is 1. The maximum Gasteiger partial charge on any atom is 0.320 e. The summed E-state index contributed by atoms with van der Waals surface area (Å²) in [5, 5.41) is 3.44. The van der Waals surface area contributed by atoms with E-state index in [4.69, 9.17) is 9.47 Å². The van der Waals surface area contributed by atoms with Crippen molar-refractivity contribution in [3.63, 3.8) is 0 Å². The van der Waals surface area contributed by atoms with E-state index in [2.05, 4.69) is 34.3 Å². The van der Waals surface area contributed by atoms with Crippen molar-refractivity contribution >= 4 is 11.7 Å². The van der Waals surface area contributed by atoms with Gasteiger partial charge in [-0.25, -0.2) is 4.98 Å². The Labute approximate surface area is 153 Å². The predicted octanol–water partition coefficient (Wildman–Crippen LogP) is 2.13. The van der Waals surface area contributed by atoms with Gasteiger partial charge in [0.25, 0.3) is 0 Å². The summed E-state index contributed by atoms with van der Waals surface area (Å²) in [5.41, 5.74) is 2.81. The van der Waals surface area contributed by atoms with Gasteiger partial charge in [-0.1, -0.05) is 12.1 Å². The molecule has 136 valence electrons. The Morgan fingerprint density at radius 2 is 2.19 bits per heavy atom. The Morgan fingerprint density at radius 1 is 1.31 bits per heavy atom. The average molecular weight is 353 g/mol. The molecule has 1 fully saturated rings. The summed E-state index contributed by atoms with van der Waals surface area (Å²) >= 11 is 0. The van der Waals surface area contributed by atoms with Crippen LogP contribution in [0.4, 0.5) is 5.69 Å². The smallest absolute Gasteiger partial charge is 0.320 e. The van der Waals surface area contributed by atoms with Gasteiger partial charge in [-0.2, -0.15) is 0 Å². The van der Waals surface area contributed by atoms with Crippen LogP contribution in [-0.4, -0.2) is 43.7 Å². The SMILES string of the molecule is COc1cccc(C2Cc3ccc(N4CCN[C@@H](C)C4)cc3OC2=O)n1. The zero-order chi connectivity index (χ0) is 18.1. The molecule has 26 heavy (non-hydrogen) atoms. The molecule has 1 aromatic heterocycles. The van der Waals surface area contributed by atoms with Gasteiger partial charge >= 0.3 is 5.97 Å². The highest BCUT2D eigenvalue weighted by Gasteiger charge is 2.31. The van der Waals surface area contributed by atoms with Crippen molar-refractivity contribution in [1.82, 2.24) is 10.3 Å². The quantitative estimate of drug-likeness (QED) is 0.674. The lowest BCUT2D eigenvalue weighted by Crippen LogP contribution is -2.49. The summed E-state index contributed by atoms with van der Waals surface area (Å²) in [7, 11) is 1.57. The molecule has 0 radical (unpaired) electrons. The van der Waals surface area contributed by atoms with Crippen molar-refractivity contribution in [2.24, 2.45) is 0 Å². The number of piperazine rings is 1. The van der Waals surface area contributed by atoms with Crippen LogP contribution in [0.1, 0.15) is 24.1 Å². The first-order valence-electron chi connectivity index (χ1n) is 8.98. The van der Waals surface area contributed by atoms with Crippen molar-refractivity contribution in [1.29, 1.82) is 0 Å². The Bertz CT molecular complexity index is 824. The molecule has 4 rings (SSSR count). The third kappa shape index (κ3) is 3.24. The molecule has 0 aliphatic carbocycles. The number of nitrogens with zero attached hydrogens (tertiary/aromatic N) is 2. The average Bonchev–Trinajstić information content (AvgIpc) is 2.67. The molecule has 1 N–H and O–H groups in total. The standard InChI is InChI=1S/C20H23N3O3/c1-13-12-23(9-8-21-13)15-7-6-14-10-16(20(24)26-18(14)11-15)17-4-3-5-19(22-17)25-2/h3-7,11,13,16,21H,8-10,12H2,1-2H3/t13-,16?/m0/s1. The maximum atomic E-state index is 12.6. The molecule has 6 nitrogen and oxygen atoms in total. The van der Waals surface area contributed by atoms with Gasteiger partial charge in [0.05, 0.1) is 12.8 Å². The minimum Gasteiger partial charge on any atom is -0.481 e. The Hall–Kier alpha value is -2.60. The Morgan fingerprint density at radius 3 is 3.00 bits per heavy atom. The minimum atomic E-state index is -0.400. The number of methoxy groups -OCH3 is 1. The second kappa shape index (κ2) is 6.96. The number of carbonyl (C=O) groups excluding carboxylic acids is 1. The molecule has 2 aliphatic heterocycles. The number of fused-ring (bicyclic) bond motifs is 1. The third-order valence-corrected chi connectivity index (χ3v) is 5.02. The number of hydrogen-bond donors (Lipinski definition) is 1. The van der Waals surface area contributed by atoms with Crippen LogP contribution in [0.2, 0.25) is 0 Å². The summed E-state index contributed by atoms with van der Waals surface area (Å²) in [6, 6.07) is 12.1.